The quantitative estimate of drug-likeness (QED) is 0.175. The molecule has 1 aromatic heterocycles. The number of aliphatic carboxylic acids is 1. The highest BCUT2D eigenvalue weighted by Crippen LogP contribution is 2.47. The lowest BCUT2D eigenvalue weighted by Gasteiger charge is -2.32. The van der Waals surface area contributed by atoms with E-state index in [0.29, 0.717) is 28.1 Å². The van der Waals surface area contributed by atoms with Crippen LogP contribution in [0.25, 0.3) is 28.1 Å². The number of benzene rings is 3. The van der Waals surface area contributed by atoms with Crippen LogP contribution in [-0.2, 0) is 9.53 Å². The predicted octanol–water partition coefficient (Wildman–Crippen LogP) is 8.26. The lowest BCUT2D eigenvalue weighted by molar-refractivity contribution is -0.131. The predicted molar refractivity (Wildman–Crippen MR) is 161 cm³/mol. The number of allylic oxidation sites excluding steroid dienone is 1. The summed E-state index contributed by atoms with van der Waals surface area (Å²) >= 11 is 6.82. The van der Waals surface area contributed by atoms with Crippen molar-refractivity contribution in [1.82, 2.24) is 9.78 Å². The summed E-state index contributed by atoms with van der Waals surface area (Å²) < 4.78 is 23.0. The topological polar surface area (TPSA) is 88.1 Å². The molecule has 3 aromatic carbocycles. The van der Waals surface area contributed by atoms with Crippen LogP contribution in [0.3, 0.4) is 0 Å². The third-order valence-electron chi connectivity index (χ3n) is 8.17. The monoisotopic (exact) mass is 581 g/mol. The number of nitrogens with zero attached hydrogens (tertiary/aromatic N) is 3. The lowest BCUT2D eigenvalue weighted by atomic mass is 9.73. The van der Waals surface area contributed by atoms with Gasteiger partial charge in [0.15, 0.2) is 6.23 Å². The average Bonchev–Trinajstić information content (AvgIpc) is 3.31. The SMILES string of the molecule is N#Cc1ccc(C(=C(c2ccc(C=CC(=O)O)cc2)c2ccc3c(c2)c(F)nn3C2CCCCO2)C2CCC2)c(Cl)c1. The number of hydrogen-bond donors (Lipinski definition) is 1. The number of rotatable bonds is 7. The van der Waals surface area contributed by atoms with Gasteiger partial charge in [0.1, 0.15) is 0 Å². The van der Waals surface area contributed by atoms with Crippen LogP contribution in [0.1, 0.15) is 72.6 Å². The van der Waals surface area contributed by atoms with Crippen molar-refractivity contribution in [1.29, 1.82) is 5.26 Å². The van der Waals surface area contributed by atoms with Gasteiger partial charge in [-0.3, -0.25) is 0 Å². The number of fused-ring (bicyclic) bond motifs is 1. The molecule has 1 atom stereocenters. The third kappa shape index (κ3) is 5.48. The summed E-state index contributed by atoms with van der Waals surface area (Å²) in [4.78, 5) is 11.0. The Bertz CT molecular complexity index is 1760. The summed E-state index contributed by atoms with van der Waals surface area (Å²) in [5.41, 5.74) is 6.44. The number of nitriles is 1. The zero-order chi connectivity index (χ0) is 29.2. The Hall–Kier alpha value is -4.25. The second-order valence-corrected chi connectivity index (χ2v) is 11.2. The van der Waals surface area contributed by atoms with Gasteiger partial charge in [0.2, 0.25) is 5.95 Å². The minimum absolute atomic E-state index is 0.232. The largest absolute Gasteiger partial charge is 0.478 e. The van der Waals surface area contributed by atoms with Crippen LogP contribution in [0, 0.1) is 23.2 Å². The van der Waals surface area contributed by atoms with E-state index in [-0.39, 0.29) is 12.1 Å². The average molecular weight is 582 g/mol. The maximum atomic E-state index is 15.4. The Morgan fingerprint density at radius 2 is 1.83 bits per heavy atom. The first-order valence-electron chi connectivity index (χ1n) is 14.2. The molecule has 6 nitrogen and oxygen atoms in total. The Balaban J connectivity index is 1.56. The van der Waals surface area contributed by atoms with E-state index in [1.165, 1.54) is 0 Å². The van der Waals surface area contributed by atoms with E-state index in [9.17, 15) is 10.1 Å². The van der Waals surface area contributed by atoms with Crippen LogP contribution < -0.4 is 0 Å². The fourth-order valence-corrected chi connectivity index (χ4v) is 6.14. The van der Waals surface area contributed by atoms with Crippen LogP contribution in [-0.4, -0.2) is 27.5 Å². The van der Waals surface area contributed by atoms with Crippen LogP contribution >= 0.6 is 11.6 Å². The normalized spacial score (nSPS) is 18.1. The molecule has 1 aliphatic carbocycles. The highest BCUT2D eigenvalue weighted by atomic mass is 35.5. The van der Waals surface area contributed by atoms with Gasteiger partial charge in [-0.15, -0.1) is 5.10 Å². The van der Waals surface area contributed by atoms with Gasteiger partial charge in [-0.2, -0.15) is 9.65 Å². The number of aromatic nitrogens is 2. The molecule has 212 valence electrons. The summed E-state index contributed by atoms with van der Waals surface area (Å²) in [7, 11) is 0. The van der Waals surface area contributed by atoms with Gasteiger partial charge in [-0.1, -0.05) is 54.4 Å². The molecule has 1 saturated carbocycles. The van der Waals surface area contributed by atoms with Gasteiger partial charge in [0, 0.05) is 17.7 Å². The molecule has 0 amide bonds. The van der Waals surface area contributed by atoms with E-state index < -0.39 is 11.9 Å². The highest BCUT2D eigenvalue weighted by Gasteiger charge is 2.29. The maximum Gasteiger partial charge on any atom is 0.328 e. The van der Waals surface area contributed by atoms with Crippen molar-refractivity contribution in [3.8, 4) is 6.07 Å². The van der Waals surface area contributed by atoms with E-state index in [2.05, 4.69) is 11.2 Å². The Labute approximate surface area is 248 Å². The molecule has 2 heterocycles. The van der Waals surface area contributed by atoms with Gasteiger partial charge in [-0.05, 0) is 102 Å². The number of halogens is 2. The van der Waals surface area contributed by atoms with E-state index in [4.69, 9.17) is 21.4 Å². The zero-order valence-corrected chi connectivity index (χ0v) is 23.6. The van der Waals surface area contributed by atoms with Crippen molar-refractivity contribution in [3.05, 3.63) is 106 Å². The van der Waals surface area contributed by atoms with E-state index in [1.807, 2.05) is 48.5 Å². The maximum absolute atomic E-state index is 15.4. The lowest BCUT2D eigenvalue weighted by Crippen LogP contribution is -2.19. The van der Waals surface area contributed by atoms with Crippen molar-refractivity contribution in [2.75, 3.05) is 6.61 Å². The molecular weight excluding hydrogens is 553 g/mol. The van der Waals surface area contributed by atoms with Crippen molar-refractivity contribution in [3.63, 3.8) is 0 Å². The molecule has 1 saturated heterocycles. The Morgan fingerprint density at radius 3 is 2.48 bits per heavy atom. The van der Waals surface area contributed by atoms with Gasteiger partial charge in [0.05, 0.1) is 22.5 Å². The summed E-state index contributed by atoms with van der Waals surface area (Å²) in [6.07, 6.45) is 8.21. The van der Waals surface area contributed by atoms with Crippen molar-refractivity contribution >= 4 is 45.7 Å². The second kappa shape index (κ2) is 11.9. The van der Waals surface area contributed by atoms with Crippen LogP contribution in [0.2, 0.25) is 5.02 Å². The van der Waals surface area contributed by atoms with Gasteiger partial charge in [0.25, 0.3) is 0 Å². The van der Waals surface area contributed by atoms with E-state index >= 15 is 4.39 Å². The molecule has 2 fully saturated rings. The summed E-state index contributed by atoms with van der Waals surface area (Å²) in [5.74, 6) is -1.33. The number of carbonyl (C=O) groups is 1. The first kappa shape index (κ1) is 27.9. The Morgan fingerprint density at radius 1 is 1.05 bits per heavy atom. The highest BCUT2D eigenvalue weighted by molar-refractivity contribution is 6.33. The van der Waals surface area contributed by atoms with Crippen molar-refractivity contribution < 1.29 is 19.0 Å². The van der Waals surface area contributed by atoms with E-state index in [0.717, 1.165) is 78.0 Å². The molecular formula is C34H29ClFN3O3. The minimum atomic E-state index is -1.02. The van der Waals surface area contributed by atoms with Crippen LogP contribution in [0.15, 0.2) is 66.7 Å². The fourth-order valence-electron chi connectivity index (χ4n) is 5.86. The van der Waals surface area contributed by atoms with Gasteiger partial charge >= 0.3 is 5.97 Å². The summed E-state index contributed by atoms with van der Waals surface area (Å²) in [6.45, 7) is 0.631. The van der Waals surface area contributed by atoms with E-state index in [1.54, 1.807) is 22.9 Å². The van der Waals surface area contributed by atoms with Crippen LogP contribution in [0.5, 0.6) is 0 Å². The molecule has 1 N–H and O–H groups in total. The zero-order valence-electron chi connectivity index (χ0n) is 22.9. The Kier molecular flexibility index (Phi) is 7.92. The molecule has 1 unspecified atom stereocenters. The smallest absolute Gasteiger partial charge is 0.328 e. The molecule has 2 aliphatic rings. The number of carboxylic acids is 1. The number of ether oxygens (including phenoxy) is 1. The molecule has 42 heavy (non-hydrogen) atoms. The summed E-state index contributed by atoms with van der Waals surface area (Å²) in [5, 5.41) is 23.6. The molecule has 1 aliphatic heterocycles. The third-order valence-corrected chi connectivity index (χ3v) is 8.48. The molecule has 0 radical (unpaired) electrons. The number of hydrogen-bond acceptors (Lipinski definition) is 4. The number of carboxylic acid groups (broad SMARTS) is 1. The first-order chi connectivity index (χ1) is 20.4. The van der Waals surface area contributed by atoms with Gasteiger partial charge < -0.3 is 9.84 Å². The second-order valence-electron chi connectivity index (χ2n) is 10.8. The van der Waals surface area contributed by atoms with Crippen LogP contribution in [0.4, 0.5) is 4.39 Å². The molecule has 6 rings (SSSR count). The fraction of sp³-hybridized carbons (Fsp3) is 0.265. The molecule has 8 heteroatoms. The standard InChI is InChI=1S/C34H29ClFN3O3/c35-28-18-22(20-37)9-14-26(28)33(23-4-3-5-23)32(24-11-7-21(8-12-24)10-16-31(40)41)25-13-15-29-27(19-25)34(36)38-39(29)30-6-1-2-17-42-30/h7-16,18-19,23,30H,1-6,17H2,(H,40,41). The minimum Gasteiger partial charge on any atom is -0.478 e. The van der Waals surface area contributed by atoms with Crippen molar-refractivity contribution in [2.24, 2.45) is 5.92 Å². The van der Waals surface area contributed by atoms with Crippen molar-refractivity contribution in [2.45, 2.75) is 44.8 Å². The van der Waals surface area contributed by atoms with Gasteiger partial charge in [-0.25, -0.2) is 9.48 Å². The molecule has 4 aromatic rings. The summed E-state index contributed by atoms with van der Waals surface area (Å²) in [6, 6.07) is 20.9. The first-order valence-corrected chi connectivity index (χ1v) is 14.6. The molecule has 0 bridgehead atoms. The molecule has 0 spiro atoms.